The molecule has 6 heteroatoms. The molecule has 2 aromatic rings. The Labute approximate surface area is 132 Å². The average molecular weight is 322 g/mol. The van der Waals surface area contributed by atoms with Crippen molar-refractivity contribution in [2.75, 3.05) is 24.2 Å². The first-order chi connectivity index (χ1) is 10.1. The standard InChI is InChI=1S/C15H16ClN3OS/c1-18-7-2-8-21-14-13(18)9-17-19(15(14)20)10-11-3-5-12(16)6-4-11/h3-6,9H,2,7-8,10H2,1H3. The number of aromatic nitrogens is 2. The molecular weight excluding hydrogens is 306 g/mol. The Balaban J connectivity index is 1.95. The van der Waals surface area contributed by atoms with Gasteiger partial charge in [-0.05, 0) is 29.9 Å². The molecule has 0 radical (unpaired) electrons. The third-order valence-electron chi connectivity index (χ3n) is 3.52. The van der Waals surface area contributed by atoms with E-state index in [2.05, 4.69) is 10.00 Å². The summed E-state index contributed by atoms with van der Waals surface area (Å²) in [6.45, 7) is 1.43. The lowest BCUT2D eigenvalue weighted by molar-refractivity contribution is 0.623. The summed E-state index contributed by atoms with van der Waals surface area (Å²) in [5.41, 5.74) is 1.94. The molecule has 4 nitrogen and oxygen atoms in total. The second kappa shape index (κ2) is 6.12. The van der Waals surface area contributed by atoms with Crippen molar-refractivity contribution in [2.45, 2.75) is 17.9 Å². The van der Waals surface area contributed by atoms with Gasteiger partial charge in [0, 0.05) is 18.6 Å². The second-order valence-corrected chi connectivity index (χ2v) is 6.61. The van der Waals surface area contributed by atoms with E-state index < -0.39 is 0 Å². The van der Waals surface area contributed by atoms with Crippen molar-refractivity contribution >= 4 is 29.1 Å². The number of fused-ring (bicyclic) bond motifs is 1. The van der Waals surface area contributed by atoms with E-state index in [4.69, 9.17) is 11.6 Å². The van der Waals surface area contributed by atoms with Gasteiger partial charge < -0.3 is 4.90 Å². The Morgan fingerprint density at radius 2 is 2.10 bits per heavy atom. The molecule has 0 saturated carbocycles. The van der Waals surface area contributed by atoms with Crippen LogP contribution >= 0.6 is 23.4 Å². The number of anilines is 1. The highest BCUT2D eigenvalue weighted by atomic mass is 35.5. The van der Waals surface area contributed by atoms with Crippen molar-refractivity contribution in [3.63, 3.8) is 0 Å². The van der Waals surface area contributed by atoms with Gasteiger partial charge >= 0.3 is 0 Å². The van der Waals surface area contributed by atoms with E-state index in [-0.39, 0.29) is 5.56 Å². The van der Waals surface area contributed by atoms with Gasteiger partial charge in [-0.25, -0.2) is 4.68 Å². The molecule has 0 aliphatic carbocycles. The van der Waals surface area contributed by atoms with Crippen molar-refractivity contribution in [2.24, 2.45) is 0 Å². The number of hydrogen-bond donors (Lipinski definition) is 0. The van der Waals surface area contributed by atoms with Crippen molar-refractivity contribution in [1.29, 1.82) is 0 Å². The molecule has 1 aromatic carbocycles. The molecular formula is C15H16ClN3OS. The predicted molar refractivity (Wildman–Crippen MR) is 87.7 cm³/mol. The summed E-state index contributed by atoms with van der Waals surface area (Å²) in [5.74, 6) is 0.970. The number of nitrogens with zero attached hydrogens (tertiary/aromatic N) is 3. The lowest BCUT2D eigenvalue weighted by Gasteiger charge is -2.18. The van der Waals surface area contributed by atoms with E-state index in [1.54, 1.807) is 18.0 Å². The molecule has 1 aliphatic heterocycles. The first kappa shape index (κ1) is 14.5. The molecule has 110 valence electrons. The van der Waals surface area contributed by atoms with E-state index in [0.717, 1.165) is 34.9 Å². The van der Waals surface area contributed by atoms with Gasteiger partial charge in [-0.15, -0.1) is 11.8 Å². The first-order valence-corrected chi connectivity index (χ1v) is 8.20. The van der Waals surface area contributed by atoms with Crippen LogP contribution in [0.5, 0.6) is 0 Å². The van der Waals surface area contributed by atoms with E-state index in [1.165, 1.54) is 4.68 Å². The first-order valence-electron chi connectivity index (χ1n) is 6.83. The monoisotopic (exact) mass is 321 g/mol. The van der Waals surface area contributed by atoms with E-state index in [0.29, 0.717) is 11.6 Å². The minimum Gasteiger partial charge on any atom is -0.372 e. The van der Waals surface area contributed by atoms with Gasteiger partial charge in [0.1, 0.15) is 0 Å². The number of hydrogen-bond acceptors (Lipinski definition) is 4. The van der Waals surface area contributed by atoms with E-state index >= 15 is 0 Å². The summed E-state index contributed by atoms with van der Waals surface area (Å²) in [6.07, 6.45) is 2.87. The van der Waals surface area contributed by atoms with Gasteiger partial charge in [-0.2, -0.15) is 5.10 Å². The Morgan fingerprint density at radius 3 is 2.86 bits per heavy atom. The fraction of sp³-hybridized carbons (Fsp3) is 0.333. The van der Waals surface area contributed by atoms with Crippen LogP contribution in [0.3, 0.4) is 0 Å². The van der Waals surface area contributed by atoms with Gasteiger partial charge in [0.15, 0.2) is 0 Å². The largest absolute Gasteiger partial charge is 0.372 e. The van der Waals surface area contributed by atoms with Gasteiger partial charge in [-0.3, -0.25) is 4.79 Å². The fourth-order valence-electron chi connectivity index (χ4n) is 2.34. The zero-order chi connectivity index (χ0) is 14.8. The van der Waals surface area contributed by atoms with Gasteiger partial charge in [0.05, 0.1) is 23.3 Å². The molecule has 0 spiro atoms. The van der Waals surface area contributed by atoms with E-state index in [1.807, 2.05) is 31.3 Å². The molecule has 1 aliphatic rings. The molecule has 0 amide bonds. The minimum atomic E-state index is -0.0128. The van der Waals surface area contributed by atoms with Crippen LogP contribution in [0, 0.1) is 0 Å². The topological polar surface area (TPSA) is 38.1 Å². The lowest BCUT2D eigenvalue weighted by Crippen LogP contribution is -2.28. The van der Waals surface area contributed by atoms with Crippen LogP contribution in [0.2, 0.25) is 5.02 Å². The minimum absolute atomic E-state index is 0.0128. The molecule has 0 fully saturated rings. The highest BCUT2D eigenvalue weighted by molar-refractivity contribution is 7.99. The third kappa shape index (κ3) is 3.09. The predicted octanol–water partition coefficient (Wildman–Crippen LogP) is 2.88. The smallest absolute Gasteiger partial charge is 0.282 e. The Hall–Kier alpha value is -1.46. The molecule has 0 atom stereocenters. The fourth-order valence-corrected chi connectivity index (χ4v) is 3.53. The van der Waals surface area contributed by atoms with E-state index in [9.17, 15) is 4.79 Å². The molecule has 0 unspecified atom stereocenters. The van der Waals surface area contributed by atoms with Crippen molar-refractivity contribution in [1.82, 2.24) is 9.78 Å². The number of benzene rings is 1. The zero-order valence-corrected chi connectivity index (χ0v) is 13.3. The van der Waals surface area contributed by atoms with Crippen molar-refractivity contribution < 1.29 is 0 Å². The summed E-state index contributed by atoms with van der Waals surface area (Å²) in [5, 5.41) is 5.01. The Bertz CT molecular complexity index is 699. The van der Waals surface area contributed by atoms with Crippen LogP contribution in [0.4, 0.5) is 5.69 Å². The Kier molecular flexibility index (Phi) is 4.22. The normalized spacial score (nSPS) is 14.7. The number of rotatable bonds is 2. The van der Waals surface area contributed by atoms with Crippen LogP contribution in [-0.4, -0.2) is 29.1 Å². The summed E-state index contributed by atoms with van der Waals surface area (Å²) in [6, 6.07) is 7.49. The summed E-state index contributed by atoms with van der Waals surface area (Å²) in [4.78, 5) is 15.5. The van der Waals surface area contributed by atoms with Crippen LogP contribution in [0.1, 0.15) is 12.0 Å². The maximum absolute atomic E-state index is 12.6. The second-order valence-electron chi connectivity index (χ2n) is 5.07. The Morgan fingerprint density at radius 1 is 1.33 bits per heavy atom. The molecule has 2 heterocycles. The van der Waals surface area contributed by atoms with Crippen LogP contribution in [-0.2, 0) is 6.54 Å². The maximum atomic E-state index is 12.6. The van der Waals surface area contributed by atoms with Crippen molar-refractivity contribution in [3.8, 4) is 0 Å². The third-order valence-corrected chi connectivity index (χ3v) is 4.94. The molecule has 0 bridgehead atoms. The van der Waals surface area contributed by atoms with Gasteiger partial charge in [0.2, 0.25) is 0 Å². The summed E-state index contributed by atoms with van der Waals surface area (Å²) in [7, 11) is 2.01. The molecule has 21 heavy (non-hydrogen) atoms. The average Bonchev–Trinajstić information content (AvgIpc) is 2.67. The molecule has 0 saturated heterocycles. The molecule has 3 rings (SSSR count). The molecule has 0 N–H and O–H groups in total. The SMILES string of the molecule is CN1CCCSc2c1cnn(Cc1ccc(Cl)cc1)c2=O. The van der Waals surface area contributed by atoms with Gasteiger partial charge in [-0.1, -0.05) is 23.7 Å². The highest BCUT2D eigenvalue weighted by Crippen LogP contribution is 2.29. The quantitative estimate of drug-likeness (QED) is 0.852. The van der Waals surface area contributed by atoms with Crippen LogP contribution < -0.4 is 10.5 Å². The number of halogens is 1. The van der Waals surface area contributed by atoms with Crippen molar-refractivity contribution in [3.05, 3.63) is 51.4 Å². The number of thioether (sulfide) groups is 1. The molecule has 1 aromatic heterocycles. The lowest BCUT2D eigenvalue weighted by atomic mass is 10.2. The maximum Gasteiger partial charge on any atom is 0.282 e. The van der Waals surface area contributed by atoms with Crippen LogP contribution in [0.15, 0.2) is 40.2 Å². The summed E-state index contributed by atoms with van der Waals surface area (Å²) >= 11 is 7.51. The van der Waals surface area contributed by atoms with Crippen LogP contribution in [0.25, 0.3) is 0 Å². The van der Waals surface area contributed by atoms with Gasteiger partial charge in [0.25, 0.3) is 5.56 Å². The highest BCUT2D eigenvalue weighted by Gasteiger charge is 2.18. The zero-order valence-electron chi connectivity index (χ0n) is 11.8. The summed E-state index contributed by atoms with van der Waals surface area (Å²) < 4.78 is 1.52.